The monoisotopic (exact) mass is 500 g/mol. The van der Waals surface area contributed by atoms with Crippen molar-refractivity contribution in [3.63, 3.8) is 0 Å². The van der Waals surface area contributed by atoms with Crippen molar-refractivity contribution in [1.29, 1.82) is 0 Å². The second-order valence-corrected chi connectivity index (χ2v) is 10.2. The molecule has 5 nitrogen and oxygen atoms in total. The second kappa shape index (κ2) is 13.0. The van der Waals surface area contributed by atoms with Crippen LogP contribution in [0.4, 0.5) is 0 Å². The zero-order chi connectivity index (χ0) is 25.2. The summed E-state index contributed by atoms with van der Waals surface area (Å²) < 4.78 is 18.7. The molecule has 1 atom stereocenters. The fourth-order valence-electron chi connectivity index (χ4n) is 4.33. The number of rotatable bonds is 12. The van der Waals surface area contributed by atoms with Crippen LogP contribution in [0.15, 0.2) is 91.0 Å². The minimum Gasteiger partial charge on any atom is -0.468 e. The van der Waals surface area contributed by atoms with Crippen molar-refractivity contribution >= 4 is 16.8 Å². The summed E-state index contributed by atoms with van der Waals surface area (Å²) in [6.07, 6.45) is 3.77. The van der Waals surface area contributed by atoms with Crippen LogP contribution in [0, 0.1) is 0 Å². The Kier molecular flexibility index (Phi) is 9.22. The van der Waals surface area contributed by atoms with E-state index >= 15 is 0 Å². The van der Waals surface area contributed by atoms with Crippen LogP contribution in [-0.2, 0) is 26.9 Å². The Hall–Kier alpha value is -3.51. The van der Waals surface area contributed by atoms with Gasteiger partial charge in [-0.2, -0.15) is 5.10 Å². The van der Waals surface area contributed by atoms with Crippen LogP contribution in [0.3, 0.4) is 0 Å². The molecule has 0 saturated heterocycles. The lowest BCUT2D eigenvalue weighted by Gasteiger charge is -2.11. The minimum atomic E-state index is -1.15. The molecule has 0 aliphatic rings. The molecule has 0 bridgehead atoms. The van der Waals surface area contributed by atoms with Crippen molar-refractivity contribution in [2.24, 2.45) is 0 Å². The van der Waals surface area contributed by atoms with E-state index in [1.165, 1.54) is 7.11 Å². The van der Waals surface area contributed by atoms with Crippen molar-refractivity contribution in [1.82, 2.24) is 9.78 Å². The number of aryl methyl sites for hydroxylation is 1. The van der Waals surface area contributed by atoms with E-state index in [9.17, 15) is 9.00 Å². The molecule has 0 N–H and O–H groups in total. The average molecular weight is 501 g/mol. The van der Waals surface area contributed by atoms with E-state index in [-0.39, 0.29) is 5.75 Å². The van der Waals surface area contributed by atoms with Crippen LogP contribution in [0.25, 0.3) is 33.6 Å². The van der Waals surface area contributed by atoms with Crippen molar-refractivity contribution in [2.75, 3.05) is 18.6 Å². The molecule has 1 unspecified atom stereocenters. The topological polar surface area (TPSA) is 61.2 Å². The predicted octanol–water partition coefficient (Wildman–Crippen LogP) is 6.37. The summed E-state index contributed by atoms with van der Waals surface area (Å²) >= 11 is 0. The predicted molar refractivity (Wildman–Crippen MR) is 147 cm³/mol. The Morgan fingerprint density at radius 2 is 1.33 bits per heavy atom. The summed E-state index contributed by atoms with van der Waals surface area (Å²) in [4.78, 5) is 11.3. The summed E-state index contributed by atoms with van der Waals surface area (Å²) in [7, 11) is 0.170. The van der Waals surface area contributed by atoms with Crippen molar-refractivity contribution in [2.45, 2.75) is 32.2 Å². The number of nitrogens with zero attached hydrogens (tertiary/aromatic N) is 2. The lowest BCUT2D eigenvalue weighted by atomic mass is 9.96. The zero-order valence-corrected chi connectivity index (χ0v) is 21.5. The molecule has 186 valence electrons. The Morgan fingerprint density at radius 3 is 1.94 bits per heavy atom. The quantitative estimate of drug-likeness (QED) is 0.168. The summed E-state index contributed by atoms with van der Waals surface area (Å²) in [5, 5.41) is 5.14. The van der Waals surface area contributed by atoms with Gasteiger partial charge >= 0.3 is 5.97 Å². The number of benzene rings is 3. The van der Waals surface area contributed by atoms with E-state index in [0.29, 0.717) is 5.75 Å². The van der Waals surface area contributed by atoms with Crippen LogP contribution in [0.1, 0.15) is 25.7 Å². The van der Waals surface area contributed by atoms with Crippen molar-refractivity contribution in [3.8, 4) is 33.6 Å². The Labute approximate surface area is 215 Å². The molecule has 1 aromatic heterocycles. The van der Waals surface area contributed by atoms with Gasteiger partial charge in [0.25, 0.3) is 0 Å². The standard InChI is InChI=1S/C30H32N2O3S/c1-35-27(33)23-36(34)22-14-3-2-13-21-32-30(26-19-11-6-12-20-26)28(24-15-7-4-8-16-24)29(31-32)25-17-9-5-10-18-25/h4-12,15-20H,2-3,13-14,21-23H2,1H3. The molecular weight excluding hydrogens is 468 g/mol. The third kappa shape index (κ3) is 6.58. The van der Waals surface area contributed by atoms with Gasteiger partial charge in [0, 0.05) is 39.8 Å². The fraction of sp³-hybridized carbons (Fsp3) is 0.267. The van der Waals surface area contributed by atoms with Gasteiger partial charge in [0.05, 0.1) is 12.8 Å². The van der Waals surface area contributed by atoms with Gasteiger partial charge in [0.2, 0.25) is 0 Å². The minimum absolute atomic E-state index is 0.0191. The maximum absolute atomic E-state index is 12.0. The smallest absolute Gasteiger partial charge is 0.318 e. The highest BCUT2D eigenvalue weighted by Crippen LogP contribution is 2.40. The third-order valence-corrected chi connectivity index (χ3v) is 7.41. The summed E-state index contributed by atoms with van der Waals surface area (Å²) in [6.45, 7) is 0.794. The van der Waals surface area contributed by atoms with Gasteiger partial charge in [-0.05, 0) is 18.4 Å². The summed E-state index contributed by atoms with van der Waals surface area (Å²) in [6, 6.07) is 31.3. The Morgan fingerprint density at radius 1 is 0.778 bits per heavy atom. The number of ether oxygens (including phenoxy) is 1. The highest BCUT2D eigenvalue weighted by molar-refractivity contribution is 7.85. The lowest BCUT2D eigenvalue weighted by molar-refractivity contribution is -0.137. The zero-order valence-electron chi connectivity index (χ0n) is 20.6. The molecule has 0 radical (unpaired) electrons. The maximum Gasteiger partial charge on any atom is 0.318 e. The fourth-order valence-corrected chi connectivity index (χ4v) is 5.38. The van der Waals surface area contributed by atoms with Gasteiger partial charge in [0.1, 0.15) is 11.4 Å². The highest BCUT2D eigenvalue weighted by atomic mass is 32.2. The number of esters is 1. The van der Waals surface area contributed by atoms with Crippen LogP contribution in [-0.4, -0.2) is 38.6 Å². The number of unbranched alkanes of at least 4 members (excludes halogenated alkanes) is 3. The molecule has 6 heteroatoms. The Balaban J connectivity index is 1.56. The Bertz CT molecular complexity index is 1270. The van der Waals surface area contributed by atoms with Gasteiger partial charge in [-0.25, -0.2) is 0 Å². The molecule has 36 heavy (non-hydrogen) atoms. The van der Waals surface area contributed by atoms with Crippen molar-refractivity contribution in [3.05, 3.63) is 91.0 Å². The number of aromatic nitrogens is 2. The summed E-state index contributed by atoms with van der Waals surface area (Å²) in [5.74, 6) is 0.0980. The van der Waals surface area contributed by atoms with E-state index in [2.05, 4.69) is 82.2 Å². The molecule has 0 saturated carbocycles. The lowest BCUT2D eigenvalue weighted by Crippen LogP contribution is -2.14. The first-order valence-electron chi connectivity index (χ1n) is 12.4. The van der Waals surface area contributed by atoms with Gasteiger partial charge in [-0.15, -0.1) is 0 Å². The molecular formula is C30H32N2O3S. The first-order chi connectivity index (χ1) is 17.7. The molecule has 4 rings (SSSR count). The number of methoxy groups -OCH3 is 1. The molecule has 4 aromatic rings. The highest BCUT2D eigenvalue weighted by Gasteiger charge is 2.21. The van der Waals surface area contributed by atoms with Crippen LogP contribution in [0.5, 0.6) is 0 Å². The van der Waals surface area contributed by atoms with Gasteiger partial charge in [0.15, 0.2) is 0 Å². The molecule has 1 heterocycles. The normalized spacial score (nSPS) is 11.8. The first-order valence-corrected chi connectivity index (χ1v) is 13.8. The van der Waals surface area contributed by atoms with Crippen LogP contribution >= 0.6 is 0 Å². The number of carbonyl (C=O) groups is 1. The third-order valence-electron chi connectivity index (χ3n) is 6.11. The second-order valence-electron chi connectivity index (χ2n) is 8.67. The van der Waals surface area contributed by atoms with E-state index in [4.69, 9.17) is 5.10 Å². The molecule has 0 aliphatic heterocycles. The molecule has 3 aromatic carbocycles. The SMILES string of the molecule is COC(=O)CS(=O)CCCCCCn1nc(-c2ccccc2)c(-c2ccccc2)c1-c1ccccc1. The van der Waals surface area contributed by atoms with E-state index < -0.39 is 16.8 Å². The van der Waals surface area contributed by atoms with E-state index in [1.807, 2.05) is 18.2 Å². The van der Waals surface area contributed by atoms with Crippen molar-refractivity contribution < 1.29 is 13.7 Å². The first kappa shape index (κ1) is 25.6. The number of hydrogen-bond donors (Lipinski definition) is 0. The number of hydrogen-bond acceptors (Lipinski definition) is 4. The maximum atomic E-state index is 12.0. The average Bonchev–Trinajstić information content (AvgIpc) is 3.31. The van der Waals surface area contributed by atoms with E-state index in [1.54, 1.807) is 0 Å². The molecule has 0 amide bonds. The largest absolute Gasteiger partial charge is 0.468 e. The van der Waals surface area contributed by atoms with Gasteiger partial charge in [-0.1, -0.05) is 104 Å². The number of carbonyl (C=O) groups excluding carboxylic acids is 1. The summed E-state index contributed by atoms with van der Waals surface area (Å²) in [5.41, 5.74) is 6.64. The van der Waals surface area contributed by atoms with Gasteiger partial charge in [-0.3, -0.25) is 13.7 Å². The van der Waals surface area contributed by atoms with Gasteiger partial charge < -0.3 is 4.74 Å². The van der Waals surface area contributed by atoms with E-state index in [0.717, 1.165) is 65.9 Å². The van der Waals surface area contributed by atoms with Crippen LogP contribution < -0.4 is 0 Å². The molecule has 0 fully saturated rings. The van der Waals surface area contributed by atoms with Crippen LogP contribution in [0.2, 0.25) is 0 Å². The molecule has 0 spiro atoms. The molecule has 0 aliphatic carbocycles.